The van der Waals surface area contributed by atoms with Gasteiger partial charge in [0.25, 0.3) is 10.0 Å². The zero-order valence-electron chi connectivity index (χ0n) is 9.71. The van der Waals surface area contributed by atoms with E-state index < -0.39 is 26.8 Å². The van der Waals surface area contributed by atoms with Crippen LogP contribution in [-0.4, -0.2) is 42.4 Å². The van der Waals surface area contributed by atoms with Crippen LogP contribution in [0.1, 0.15) is 12.8 Å². The fourth-order valence-corrected chi connectivity index (χ4v) is 2.45. The molecule has 1 N–H and O–H groups in total. The number of carboxylic acids is 1. The van der Waals surface area contributed by atoms with Gasteiger partial charge in [-0.3, -0.25) is 4.79 Å². The third-order valence-electron chi connectivity index (χ3n) is 2.24. The lowest BCUT2D eigenvalue weighted by Crippen LogP contribution is -2.29. The first-order valence-electron chi connectivity index (χ1n) is 5.14. The number of pyridine rings is 1. The Labute approximate surface area is 104 Å². The molecule has 0 saturated heterocycles. The highest BCUT2D eigenvalue weighted by Crippen LogP contribution is 2.15. The van der Waals surface area contributed by atoms with Crippen molar-refractivity contribution in [2.24, 2.45) is 0 Å². The molecule has 1 aromatic heterocycles. The summed E-state index contributed by atoms with van der Waals surface area (Å²) in [6.45, 7) is -0.00928. The number of nitrogens with zero attached hydrogens (tertiary/aromatic N) is 2. The molecule has 0 amide bonds. The number of hydrogen-bond donors (Lipinski definition) is 1. The highest BCUT2D eigenvalue weighted by atomic mass is 32.2. The summed E-state index contributed by atoms with van der Waals surface area (Å²) in [7, 11) is -2.76. The second kappa shape index (κ2) is 5.87. The van der Waals surface area contributed by atoms with E-state index in [-0.39, 0.29) is 19.4 Å². The lowest BCUT2D eigenvalue weighted by Gasteiger charge is -2.16. The van der Waals surface area contributed by atoms with Gasteiger partial charge in [-0.2, -0.15) is 4.31 Å². The molecule has 0 unspecified atom stereocenters. The molecule has 0 spiro atoms. The van der Waals surface area contributed by atoms with Crippen molar-refractivity contribution in [3.8, 4) is 0 Å². The van der Waals surface area contributed by atoms with Crippen LogP contribution in [0, 0.1) is 5.82 Å². The summed E-state index contributed by atoms with van der Waals surface area (Å²) in [5.41, 5.74) is 0. The Bertz CT molecular complexity index is 532. The molecule has 0 aliphatic heterocycles. The van der Waals surface area contributed by atoms with Crippen molar-refractivity contribution >= 4 is 16.0 Å². The first-order chi connectivity index (χ1) is 8.35. The van der Waals surface area contributed by atoms with Crippen molar-refractivity contribution in [1.29, 1.82) is 0 Å². The van der Waals surface area contributed by atoms with E-state index in [1.807, 2.05) is 0 Å². The molecule has 1 aromatic rings. The Hall–Kier alpha value is -1.54. The zero-order valence-corrected chi connectivity index (χ0v) is 10.5. The molecule has 0 saturated carbocycles. The van der Waals surface area contributed by atoms with Gasteiger partial charge in [-0.1, -0.05) is 0 Å². The predicted molar refractivity (Wildman–Crippen MR) is 60.9 cm³/mol. The maximum Gasteiger partial charge on any atom is 0.303 e. The highest BCUT2D eigenvalue weighted by Gasteiger charge is 2.25. The van der Waals surface area contributed by atoms with Crippen molar-refractivity contribution < 1.29 is 22.7 Å². The molecule has 0 bridgehead atoms. The van der Waals surface area contributed by atoms with E-state index in [0.717, 1.165) is 10.4 Å². The number of rotatable bonds is 6. The SMILES string of the molecule is CN(CCCC(=O)O)S(=O)(=O)c1ncccc1F. The van der Waals surface area contributed by atoms with Gasteiger partial charge in [0.2, 0.25) is 5.03 Å². The van der Waals surface area contributed by atoms with Gasteiger partial charge in [-0.05, 0) is 18.6 Å². The van der Waals surface area contributed by atoms with Gasteiger partial charge < -0.3 is 5.11 Å². The molecule has 1 rings (SSSR count). The molecule has 0 aromatic carbocycles. The van der Waals surface area contributed by atoms with Gasteiger partial charge in [-0.15, -0.1) is 0 Å². The third-order valence-corrected chi connectivity index (χ3v) is 4.04. The minimum absolute atomic E-state index is 0.00928. The van der Waals surface area contributed by atoms with Gasteiger partial charge in [0.15, 0.2) is 5.82 Å². The lowest BCUT2D eigenvalue weighted by atomic mass is 10.3. The van der Waals surface area contributed by atoms with Gasteiger partial charge >= 0.3 is 5.97 Å². The van der Waals surface area contributed by atoms with Gasteiger partial charge in [0.1, 0.15) is 0 Å². The number of sulfonamides is 1. The van der Waals surface area contributed by atoms with E-state index in [0.29, 0.717) is 0 Å². The smallest absolute Gasteiger partial charge is 0.303 e. The molecule has 0 fully saturated rings. The number of carboxylic acid groups (broad SMARTS) is 1. The minimum Gasteiger partial charge on any atom is -0.481 e. The molecule has 1 heterocycles. The molecule has 0 aliphatic rings. The van der Waals surface area contributed by atoms with E-state index in [1.54, 1.807) is 0 Å². The van der Waals surface area contributed by atoms with Crippen LogP contribution in [0.5, 0.6) is 0 Å². The monoisotopic (exact) mass is 276 g/mol. The van der Waals surface area contributed by atoms with Crippen molar-refractivity contribution in [3.05, 3.63) is 24.1 Å². The summed E-state index contributed by atoms with van der Waals surface area (Å²) in [4.78, 5) is 13.8. The molecule has 8 heteroatoms. The van der Waals surface area contributed by atoms with Crippen molar-refractivity contribution in [2.45, 2.75) is 17.9 Å². The largest absolute Gasteiger partial charge is 0.481 e. The Morgan fingerprint density at radius 1 is 1.56 bits per heavy atom. The van der Waals surface area contributed by atoms with Crippen LogP contribution in [0.15, 0.2) is 23.4 Å². The van der Waals surface area contributed by atoms with E-state index in [9.17, 15) is 17.6 Å². The molecule has 6 nitrogen and oxygen atoms in total. The number of carbonyl (C=O) groups is 1. The molecule has 100 valence electrons. The number of aliphatic carboxylic acids is 1. The molecule has 18 heavy (non-hydrogen) atoms. The zero-order chi connectivity index (χ0) is 13.8. The second-order valence-electron chi connectivity index (χ2n) is 3.61. The van der Waals surface area contributed by atoms with Crippen LogP contribution < -0.4 is 0 Å². The maximum absolute atomic E-state index is 13.3. The fraction of sp³-hybridized carbons (Fsp3) is 0.400. The molecule has 0 radical (unpaired) electrons. The average molecular weight is 276 g/mol. The average Bonchev–Trinajstić information content (AvgIpc) is 2.28. The van der Waals surface area contributed by atoms with Gasteiger partial charge in [0, 0.05) is 26.2 Å². The lowest BCUT2D eigenvalue weighted by molar-refractivity contribution is -0.137. The van der Waals surface area contributed by atoms with Crippen LogP contribution in [0.4, 0.5) is 4.39 Å². The Kier molecular flexibility index (Phi) is 4.74. The molecular formula is C10H13FN2O4S. The Morgan fingerprint density at radius 2 is 2.22 bits per heavy atom. The summed E-state index contributed by atoms with van der Waals surface area (Å²) in [6.07, 6.45) is 1.19. The van der Waals surface area contributed by atoms with Gasteiger partial charge in [0.05, 0.1) is 0 Å². The highest BCUT2D eigenvalue weighted by molar-refractivity contribution is 7.89. The van der Waals surface area contributed by atoms with Crippen LogP contribution in [0.3, 0.4) is 0 Å². The summed E-state index contributed by atoms with van der Waals surface area (Å²) in [5.74, 6) is -1.94. The van der Waals surface area contributed by atoms with E-state index in [2.05, 4.69) is 4.98 Å². The standard InChI is InChI=1S/C10H13FN2O4S/c1-13(7-3-5-9(14)15)18(16,17)10-8(11)4-2-6-12-10/h2,4,6H,3,5,7H2,1H3,(H,14,15). The first-order valence-corrected chi connectivity index (χ1v) is 6.58. The maximum atomic E-state index is 13.3. The minimum atomic E-state index is -4.01. The first kappa shape index (κ1) is 14.5. The van der Waals surface area contributed by atoms with Crippen LogP contribution in [0.25, 0.3) is 0 Å². The van der Waals surface area contributed by atoms with Crippen molar-refractivity contribution in [2.75, 3.05) is 13.6 Å². The van der Waals surface area contributed by atoms with Crippen LogP contribution in [-0.2, 0) is 14.8 Å². The summed E-state index contributed by atoms with van der Waals surface area (Å²) in [5, 5.41) is 7.80. The van der Waals surface area contributed by atoms with Crippen LogP contribution in [0.2, 0.25) is 0 Å². The fourth-order valence-electron chi connectivity index (χ4n) is 1.28. The van der Waals surface area contributed by atoms with E-state index in [4.69, 9.17) is 5.11 Å². The topological polar surface area (TPSA) is 87.6 Å². The summed E-state index contributed by atoms with van der Waals surface area (Å²) >= 11 is 0. The normalized spacial score (nSPS) is 11.7. The van der Waals surface area contributed by atoms with Crippen molar-refractivity contribution in [3.63, 3.8) is 0 Å². The molecular weight excluding hydrogens is 263 g/mol. The Balaban J connectivity index is 2.81. The van der Waals surface area contributed by atoms with E-state index in [1.165, 1.54) is 19.3 Å². The molecule has 0 atom stereocenters. The van der Waals surface area contributed by atoms with Crippen molar-refractivity contribution in [1.82, 2.24) is 9.29 Å². The second-order valence-corrected chi connectivity index (χ2v) is 5.57. The summed E-state index contributed by atoms with van der Waals surface area (Å²) in [6, 6.07) is 2.30. The Morgan fingerprint density at radius 3 is 2.78 bits per heavy atom. The number of hydrogen-bond acceptors (Lipinski definition) is 4. The number of aromatic nitrogens is 1. The van der Waals surface area contributed by atoms with E-state index >= 15 is 0 Å². The quantitative estimate of drug-likeness (QED) is 0.826. The third kappa shape index (κ3) is 3.47. The van der Waals surface area contributed by atoms with Gasteiger partial charge in [-0.25, -0.2) is 17.8 Å². The predicted octanol–water partition coefficient (Wildman–Crippen LogP) is 0.706. The summed E-state index contributed by atoms with van der Waals surface area (Å²) < 4.78 is 38.0. The number of halogens is 1. The van der Waals surface area contributed by atoms with Crippen LogP contribution >= 0.6 is 0 Å². The molecule has 0 aliphatic carbocycles.